The molecular weight excluding hydrogens is 258 g/mol. The molecule has 2 rings (SSSR count). The van der Waals surface area contributed by atoms with Crippen molar-refractivity contribution in [3.05, 3.63) is 28.8 Å². The fourth-order valence-corrected chi connectivity index (χ4v) is 3.20. The number of hydrogen-bond acceptors (Lipinski definition) is 2. The zero-order chi connectivity index (χ0) is 13.8. The second kappa shape index (κ2) is 6.42. The highest BCUT2D eigenvalue weighted by Gasteiger charge is 2.16. The van der Waals surface area contributed by atoms with E-state index in [-0.39, 0.29) is 5.78 Å². The molecule has 1 aromatic rings. The quantitative estimate of drug-likeness (QED) is 0.753. The van der Waals surface area contributed by atoms with Gasteiger partial charge in [-0.2, -0.15) is 0 Å². The van der Waals surface area contributed by atoms with Crippen molar-refractivity contribution in [2.45, 2.75) is 39.0 Å². The highest BCUT2D eigenvalue weighted by Crippen LogP contribution is 2.28. The normalized spacial score (nSPS) is 16.4. The van der Waals surface area contributed by atoms with Gasteiger partial charge < -0.3 is 4.90 Å². The van der Waals surface area contributed by atoms with Gasteiger partial charge in [-0.05, 0) is 43.9 Å². The maximum Gasteiger partial charge on any atom is 0.161 e. The minimum atomic E-state index is 0.0199. The largest absolute Gasteiger partial charge is 0.374 e. The molecular formula is C16H22ClNO. The first-order chi connectivity index (χ1) is 9.08. The van der Waals surface area contributed by atoms with Crippen molar-refractivity contribution in [3.63, 3.8) is 0 Å². The molecule has 1 aliphatic carbocycles. The molecule has 19 heavy (non-hydrogen) atoms. The van der Waals surface area contributed by atoms with Gasteiger partial charge in [0.1, 0.15) is 0 Å². The van der Waals surface area contributed by atoms with Crippen LogP contribution < -0.4 is 4.90 Å². The summed E-state index contributed by atoms with van der Waals surface area (Å²) in [6.45, 7) is 2.63. The summed E-state index contributed by atoms with van der Waals surface area (Å²) in [6.07, 6.45) is 6.79. The lowest BCUT2D eigenvalue weighted by molar-refractivity contribution is 0.101. The van der Waals surface area contributed by atoms with Gasteiger partial charge in [0.25, 0.3) is 0 Å². The number of hydrogen-bond donors (Lipinski definition) is 0. The van der Waals surface area contributed by atoms with Gasteiger partial charge in [0, 0.05) is 24.8 Å². The minimum absolute atomic E-state index is 0.0199. The average Bonchev–Trinajstić information content (AvgIpc) is 2.39. The maximum atomic E-state index is 11.4. The van der Waals surface area contributed by atoms with Gasteiger partial charge in [-0.15, -0.1) is 0 Å². The van der Waals surface area contributed by atoms with Crippen LogP contribution >= 0.6 is 11.6 Å². The van der Waals surface area contributed by atoms with Crippen molar-refractivity contribution in [3.8, 4) is 0 Å². The fourth-order valence-electron chi connectivity index (χ4n) is 2.89. The Bertz CT molecular complexity index is 452. The summed E-state index contributed by atoms with van der Waals surface area (Å²) in [7, 11) is 2.10. The number of rotatable bonds is 4. The highest BCUT2D eigenvalue weighted by molar-refractivity contribution is 6.34. The number of halogens is 1. The van der Waals surface area contributed by atoms with Crippen LogP contribution in [0.15, 0.2) is 18.2 Å². The second-order valence-electron chi connectivity index (χ2n) is 5.60. The van der Waals surface area contributed by atoms with Crippen LogP contribution in [0.2, 0.25) is 5.02 Å². The molecule has 0 unspecified atom stereocenters. The lowest BCUT2D eigenvalue weighted by Gasteiger charge is -2.28. The smallest absolute Gasteiger partial charge is 0.161 e. The monoisotopic (exact) mass is 279 g/mol. The maximum absolute atomic E-state index is 11.4. The van der Waals surface area contributed by atoms with Gasteiger partial charge in [-0.25, -0.2) is 0 Å². The summed E-state index contributed by atoms with van der Waals surface area (Å²) in [5, 5.41) is 0.556. The van der Waals surface area contributed by atoms with Crippen molar-refractivity contribution < 1.29 is 4.79 Å². The summed E-state index contributed by atoms with van der Waals surface area (Å²) in [5.74, 6) is 0.816. The van der Waals surface area contributed by atoms with Crippen LogP contribution in [-0.2, 0) is 0 Å². The summed E-state index contributed by atoms with van der Waals surface area (Å²) in [5.41, 5.74) is 1.71. The molecule has 104 valence electrons. The standard InChI is InChI=1S/C16H22ClNO/c1-12(19)15-9-8-14(10-16(15)17)18(2)11-13-6-4-3-5-7-13/h8-10,13H,3-7,11H2,1-2H3. The summed E-state index contributed by atoms with van der Waals surface area (Å²) < 4.78 is 0. The molecule has 0 spiro atoms. The number of benzene rings is 1. The van der Waals surface area contributed by atoms with Crippen LogP contribution in [0.25, 0.3) is 0 Å². The molecule has 1 saturated carbocycles. The van der Waals surface area contributed by atoms with Crippen molar-refractivity contribution >= 4 is 23.1 Å². The predicted octanol–water partition coefficient (Wildman–Crippen LogP) is 4.56. The van der Waals surface area contributed by atoms with E-state index in [0.29, 0.717) is 10.6 Å². The van der Waals surface area contributed by atoms with Crippen LogP contribution in [0.1, 0.15) is 49.4 Å². The van der Waals surface area contributed by atoms with Gasteiger partial charge in [0.2, 0.25) is 0 Å². The van der Waals surface area contributed by atoms with Crippen LogP contribution in [0, 0.1) is 5.92 Å². The number of Topliss-reactive ketones (excluding diaryl/α,β-unsaturated/α-hetero) is 1. The Labute approximate surface area is 120 Å². The topological polar surface area (TPSA) is 20.3 Å². The molecule has 3 heteroatoms. The summed E-state index contributed by atoms with van der Waals surface area (Å²) in [4.78, 5) is 13.6. The Morgan fingerprint density at radius 3 is 2.58 bits per heavy atom. The molecule has 0 saturated heterocycles. The van der Waals surface area contributed by atoms with E-state index < -0.39 is 0 Å². The van der Waals surface area contributed by atoms with E-state index in [9.17, 15) is 4.79 Å². The molecule has 1 fully saturated rings. The van der Waals surface area contributed by atoms with E-state index in [1.807, 2.05) is 18.2 Å². The van der Waals surface area contributed by atoms with E-state index in [1.165, 1.54) is 32.1 Å². The number of anilines is 1. The van der Waals surface area contributed by atoms with Gasteiger partial charge in [0.05, 0.1) is 5.02 Å². The van der Waals surface area contributed by atoms with E-state index in [1.54, 1.807) is 6.92 Å². The third-order valence-corrected chi connectivity index (χ3v) is 4.34. The molecule has 0 aliphatic heterocycles. The molecule has 0 heterocycles. The summed E-state index contributed by atoms with van der Waals surface area (Å²) in [6, 6.07) is 5.73. The summed E-state index contributed by atoms with van der Waals surface area (Å²) >= 11 is 6.16. The van der Waals surface area contributed by atoms with E-state index in [0.717, 1.165) is 18.2 Å². The lowest BCUT2D eigenvalue weighted by Crippen LogP contribution is -2.26. The Balaban J connectivity index is 2.04. The second-order valence-corrected chi connectivity index (χ2v) is 6.01. The predicted molar refractivity (Wildman–Crippen MR) is 81.3 cm³/mol. The third kappa shape index (κ3) is 3.73. The van der Waals surface area contributed by atoms with Crippen LogP contribution in [0.4, 0.5) is 5.69 Å². The van der Waals surface area contributed by atoms with Gasteiger partial charge in [-0.1, -0.05) is 30.9 Å². The molecule has 0 atom stereocenters. The van der Waals surface area contributed by atoms with Crippen molar-refractivity contribution in [1.82, 2.24) is 0 Å². The molecule has 0 aromatic heterocycles. The fraction of sp³-hybridized carbons (Fsp3) is 0.562. The highest BCUT2D eigenvalue weighted by atomic mass is 35.5. The Morgan fingerprint density at radius 2 is 2.00 bits per heavy atom. The number of carbonyl (C=O) groups excluding carboxylic acids is 1. The lowest BCUT2D eigenvalue weighted by atomic mass is 9.89. The molecule has 1 aliphatic rings. The molecule has 0 radical (unpaired) electrons. The van der Waals surface area contributed by atoms with Crippen molar-refractivity contribution in [2.75, 3.05) is 18.5 Å². The average molecular weight is 280 g/mol. The van der Waals surface area contributed by atoms with Crippen LogP contribution in [-0.4, -0.2) is 19.4 Å². The van der Waals surface area contributed by atoms with Gasteiger partial charge in [0.15, 0.2) is 5.78 Å². The van der Waals surface area contributed by atoms with Gasteiger partial charge in [-0.3, -0.25) is 4.79 Å². The Kier molecular flexibility index (Phi) is 4.87. The zero-order valence-electron chi connectivity index (χ0n) is 11.8. The van der Waals surface area contributed by atoms with E-state index in [2.05, 4.69) is 11.9 Å². The van der Waals surface area contributed by atoms with Crippen LogP contribution in [0.5, 0.6) is 0 Å². The minimum Gasteiger partial charge on any atom is -0.374 e. The van der Waals surface area contributed by atoms with Gasteiger partial charge >= 0.3 is 0 Å². The third-order valence-electron chi connectivity index (χ3n) is 4.03. The van der Waals surface area contributed by atoms with Crippen molar-refractivity contribution in [2.24, 2.45) is 5.92 Å². The first-order valence-corrected chi connectivity index (χ1v) is 7.47. The molecule has 0 bridgehead atoms. The molecule has 1 aromatic carbocycles. The number of nitrogens with zero attached hydrogens (tertiary/aromatic N) is 1. The SMILES string of the molecule is CC(=O)c1ccc(N(C)CC2CCCCC2)cc1Cl. The molecule has 0 N–H and O–H groups in total. The Hall–Kier alpha value is -1.02. The number of carbonyl (C=O) groups is 1. The molecule has 0 amide bonds. The Morgan fingerprint density at radius 1 is 1.32 bits per heavy atom. The number of ketones is 1. The van der Waals surface area contributed by atoms with E-state index in [4.69, 9.17) is 11.6 Å². The van der Waals surface area contributed by atoms with E-state index >= 15 is 0 Å². The molecule has 2 nitrogen and oxygen atoms in total. The van der Waals surface area contributed by atoms with Crippen molar-refractivity contribution in [1.29, 1.82) is 0 Å². The zero-order valence-corrected chi connectivity index (χ0v) is 12.5. The first kappa shape index (κ1) is 14.4. The first-order valence-electron chi connectivity index (χ1n) is 7.09. The van der Waals surface area contributed by atoms with Crippen LogP contribution in [0.3, 0.4) is 0 Å².